The fourth-order valence-corrected chi connectivity index (χ4v) is 1.56. The normalized spacial score (nSPS) is 9.94. The highest BCUT2D eigenvalue weighted by Crippen LogP contribution is 2.22. The summed E-state index contributed by atoms with van der Waals surface area (Å²) in [5.74, 6) is 1.00. The molecule has 0 spiro atoms. The third-order valence-electron chi connectivity index (χ3n) is 2.48. The summed E-state index contributed by atoms with van der Waals surface area (Å²) in [6.07, 6.45) is 1.26. The zero-order valence-corrected chi connectivity index (χ0v) is 10.2. The molecule has 0 aliphatic rings. The molecule has 0 aromatic heterocycles. The van der Waals surface area contributed by atoms with Crippen LogP contribution in [0, 0.1) is 13.8 Å². The molecule has 1 aromatic rings. The van der Waals surface area contributed by atoms with Crippen molar-refractivity contribution in [2.24, 2.45) is 0 Å². The minimum atomic E-state index is 0.0603. The van der Waals surface area contributed by atoms with E-state index in [4.69, 9.17) is 4.74 Å². The molecule has 0 bridgehead atoms. The molecule has 1 N–H and O–H groups in total. The summed E-state index contributed by atoms with van der Waals surface area (Å²) < 4.78 is 5.68. The van der Waals surface area contributed by atoms with Crippen LogP contribution in [0.3, 0.4) is 0 Å². The van der Waals surface area contributed by atoms with E-state index in [-0.39, 0.29) is 5.91 Å². The van der Waals surface area contributed by atoms with Crippen molar-refractivity contribution in [1.29, 1.82) is 0 Å². The quantitative estimate of drug-likeness (QED) is 0.774. The van der Waals surface area contributed by atoms with E-state index in [0.717, 1.165) is 23.3 Å². The van der Waals surface area contributed by atoms with Crippen LogP contribution in [0.15, 0.2) is 18.2 Å². The number of hydrogen-bond donors (Lipinski definition) is 1. The number of amides is 1. The zero-order valence-electron chi connectivity index (χ0n) is 10.2. The molecule has 0 aliphatic heterocycles. The van der Waals surface area contributed by atoms with Crippen molar-refractivity contribution in [3.63, 3.8) is 0 Å². The highest BCUT2D eigenvalue weighted by atomic mass is 16.5. The van der Waals surface area contributed by atoms with Gasteiger partial charge < -0.3 is 10.1 Å². The molecule has 16 heavy (non-hydrogen) atoms. The van der Waals surface area contributed by atoms with E-state index in [1.807, 2.05) is 32.0 Å². The third-order valence-corrected chi connectivity index (χ3v) is 2.48. The Hall–Kier alpha value is -1.51. The molecule has 0 saturated carbocycles. The predicted octanol–water partition coefficient (Wildman–Crippen LogP) is 2.21. The number of rotatable bonds is 5. The summed E-state index contributed by atoms with van der Waals surface area (Å²) in [6.45, 7) is 4.64. The second kappa shape index (κ2) is 6.16. The average molecular weight is 221 g/mol. The van der Waals surface area contributed by atoms with Crippen molar-refractivity contribution in [3.8, 4) is 5.75 Å². The number of para-hydroxylation sites is 1. The van der Waals surface area contributed by atoms with E-state index in [1.54, 1.807) is 7.05 Å². The monoisotopic (exact) mass is 221 g/mol. The lowest BCUT2D eigenvalue weighted by Gasteiger charge is -2.11. The molecule has 1 rings (SSSR count). The van der Waals surface area contributed by atoms with Crippen molar-refractivity contribution in [2.45, 2.75) is 26.7 Å². The van der Waals surface area contributed by atoms with Gasteiger partial charge in [-0.3, -0.25) is 4.79 Å². The molecule has 0 radical (unpaired) electrons. The molecule has 0 saturated heterocycles. The van der Waals surface area contributed by atoms with Crippen LogP contribution < -0.4 is 10.1 Å². The molecule has 0 unspecified atom stereocenters. The Labute approximate surface area is 96.8 Å². The van der Waals surface area contributed by atoms with E-state index in [2.05, 4.69) is 5.32 Å². The second-order valence-corrected chi connectivity index (χ2v) is 3.85. The topological polar surface area (TPSA) is 38.3 Å². The highest BCUT2D eigenvalue weighted by Gasteiger charge is 2.03. The number of ether oxygens (including phenoxy) is 1. The fourth-order valence-electron chi connectivity index (χ4n) is 1.56. The number of nitrogens with one attached hydrogen (secondary N) is 1. The molecule has 3 nitrogen and oxygen atoms in total. The van der Waals surface area contributed by atoms with E-state index in [9.17, 15) is 4.79 Å². The highest BCUT2D eigenvalue weighted by molar-refractivity contribution is 5.75. The first-order valence-corrected chi connectivity index (χ1v) is 5.54. The van der Waals surface area contributed by atoms with Gasteiger partial charge in [-0.15, -0.1) is 0 Å². The molecule has 88 valence electrons. The molecule has 0 atom stereocenters. The molecule has 0 heterocycles. The molecule has 0 fully saturated rings. The van der Waals surface area contributed by atoms with E-state index in [0.29, 0.717) is 13.0 Å². The van der Waals surface area contributed by atoms with Crippen LogP contribution >= 0.6 is 0 Å². The van der Waals surface area contributed by atoms with Crippen molar-refractivity contribution < 1.29 is 9.53 Å². The fraction of sp³-hybridized carbons (Fsp3) is 0.462. The van der Waals surface area contributed by atoms with Gasteiger partial charge in [0.25, 0.3) is 0 Å². The lowest BCUT2D eigenvalue weighted by Crippen LogP contribution is -2.18. The Bertz CT molecular complexity index is 341. The van der Waals surface area contributed by atoms with Crippen LogP contribution in [0.25, 0.3) is 0 Å². The summed E-state index contributed by atoms with van der Waals surface area (Å²) >= 11 is 0. The number of carbonyl (C=O) groups is 1. The van der Waals surface area contributed by atoms with Gasteiger partial charge in [-0.25, -0.2) is 0 Å². The van der Waals surface area contributed by atoms with Gasteiger partial charge >= 0.3 is 0 Å². The average Bonchev–Trinajstić information content (AvgIpc) is 2.27. The third kappa shape index (κ3) is 3.57. The van der Waals surface area contributed by atoms with Crippen LogP contribution in [-0.2, 0) is 4.79 Å². The molecule has 0 aliphatic carbocycles. The SMILES string of the molecule is CNC(=O)CCCOc1c(C)cccc1C. The van der Waals surface area contributed by atoms with Gasteiger partial charge in [0.2, 0.25) is 5.91 Å². The van der Waals surface area contributed by atoms with Crippen LogP contribution in [0.1, 0.15) is 24.0 Å². The van der Waals surface area contributed by atoms with Crippen molar-refractivity contribution in [1.82, 2.24) is 5.32 Å². The smallest absolute Gasteiger partial charge is 0.219 e. The maximum Gasteiger partial charge on any atom is 0.219 e. The molecule has 1 amide bonds. The lowest BCUT2D eigenvalue weighted by molar-refractivity contribution is -0.120. The van der Waals surface area contributed by atoms with Gasteiger partial charge in [0.1, 0.15) is 5.75 Å². The van der Waals surface area contributed by atoms with Crippen molar-refractivity contribution >= 4 is 5.91 Å². The first-order valence-electron chi connectivity index (χ1n) is 5.54. The second-order valence-electron chi connectivity index (χ2n) is 3.85. The minimum Gasteiger partial charge on any atom is -0.493 e. The largest absolute Gasteiger partial charge is 0.493 e. The Morgan fingerprint density at radius 2 is 1.94 bits per heavy atom. The first kappa shape index (κ1) is 12.6. The molecule has 1 aromatic carbocycles. The van der Waals surface area contributed by atoms with Crippen molar-refractivity contribution in [2.75, 3.05) is 13.7 Å². The van der Waals surface area contributed by atoms with Gasteiger partial charge in [-0.2, -0.15) is 0 Å². The molecular formula is C13H19NO2. The summed E-state index contributed by atoms with van der Waals surface area (Å²) in [6, 6.07) is 6.07. The van der Waals surface area contributed by atoms with Crippen molar-refractivity contribution in [3.05, 3.63) is 29.3 Å². The number of carbonyl (C=O) groups excluding carboxylic acids is 1. The summed E-state index contributed by atoms with van der Waals surface area (Å²) in [5.41, 5.74) is 2.28. The van der Waals surface area contributed by atoms with Gasteiger partial charge in [0.05, 0.1) is 6.61 Å². The Kier molecular flexibility index (Phi) is 4.83. The van der Waals surface area contributed by atoms with E-state index < -0.39 is 0 Å². The Balaban J connectivity index is 2.40. The van der Waals surface area contributed by atoms with Gasteiger partial charge in [-0.05, 0) is 31.4 Å². The molecule has 3 heteroatoms. The number of benzene rings is 1. The van der Waals surface area contributed by atoms with Gasteiger partial charge in [0, 0.05) is 13.5 Å². The zero-order chi connectivity index (χ0) is 12.0. The predicted molar refractivity (Wildman–Crippen MR) is 64.7 cm³/mol. The van der Waals surface area contributed by atoms with Crippen LogP contribution in [0.2, 0.25) is 0 Å². The molecular weight excluding hydrogens is 202 g/mol. The maximum atomic E-state index is 11.0. The minimum absolute atomic E-state index is 0.0603. The standard InChI is InChI=1S/C13H19NO2/c1-10-6-4-7-11(2)13(10)16-9-5-8-12(15)14-3/h4,6-7H,5,8-9H2,1-3H3,(H,14,15). The van der Waals surface area contributed by atoms with Crippen LogP contribution in [-0.4, -0.2) is 19.6 Å². The Morgan fingerprint density at radius 1 is 1.31 bits per heavy atom. The van der Waals surface area contributed by atoms with Crippen LogP contribution in [0.4, 0.5) is 0 Å². The summed E-state index contributed by atoms with van der Waals surface area (Å²) in [7, 11) is 1.65. The Morgan fingerprint density at radius 3 is 2.50 bits per heavy atom. The first-order chi connectivity index (χ1) is 7.65. The van der Waals surface area contributed by atoms with E-state index >= 15 is 0 Å². The van der Waals surface area contributed by atoms with Gasteiger partial charge in [0.15, 0.2) is 0 Å². The van der Waals surface area contributed by atoms with Gasteiger partial charge in [-0.1, -0.05) is 18.2 Å². The number of aryl methyl sites for hydroxylation is 2. The maximum absolute atomic E-state index is 11.0. The summed E-state index contributed by atoms with van der Waals surface area (Å²) in [5, 5.41) is 2.59. The van der Waals surface area contributed by atoms with E-state index in [1.165, 1.54) is 0 Å². The lowest BCUT2D eigenvalue weighted by atomic mass is 10.1. The summed E-state index contributed by atoms with van der Waals surface area (Å²) in [4.78, 5) is 11.0. The van der Waals surface area contributed by atoms with Crippen LogP contribution in [0.5, 0.6) is 5.75 Å². The number of hydrogen-bond acceptors (Lipinski definition) is 2.